The van der Waals surface area contributed by atoms with Crippen LogP contribution in [-0.4, -0.2) is 37.9 Å². The van der Waals surface area contributed by atoms with Crippen LogP contribution in [0, 0.1) is 12.8 Å². The van der Waals surface area contributed by atoms with Crippen LogP contribution in [0.4, 0.5) is 0 Å². The van der Waals surface area contributed by atoms with Crippen LogP contribution >= 0.6 is 0 Å². The van der Waals surface area contributed by atoms with Crippen molar-refractivity contribution in [2.24, 2.45) is 5.92 Å². The third kappa shape index (κ3) is 3.17. The molecule has 1 aromatic rings. The Morgan fingerprint density at radius 2 is 1.91 bits per heavy atom. The van der Waals surface area contributed by atoms with Crippen molar-refractivity contribution in [2.45, 2.75) is 44.6 Å². The molecule has 1 aliphatic rings. The molecule has 22 heavy (non-hydrogen) atoms. The molecule has 0 aromatic heterocycles. The van der Waals surface area contributed by atoms with Gasteiger partial charge in [-0.05, 0) is 38.8 Å². The van der Waals surface area contributed by atoms with Gasteiger partial charge in [-0.15, -0.1) is 0 Å². The third-order valence-electron chi connectivity index (χ3n) is 4.07. The molecule has 6 heteroatoms. The summed E-state index contributed by atoms with van der Waals surface area (Å²) in [6.07, 6.45) is 1.10. The number of sulfonamides is 1. The summed E-state index contributed by atoms with van der Waals surface area (Å²) in [5, 5.41) is 0. The average Bonchev–Trinajstić information content (AvgIpc) is 2.96. The van der Waals surface area contributed by atoms with Gasteiger partial charge in [-0.3, -0.25) is 4.79 Å². The normalized spacial score (nSPS) is 21.8. The van der Waals surface area contributed by atoms with Gasteiger partial charge in [0.15, 0.2) is 0 Å². The zero-order valence-electron chi connectivity index (χ0n) is 13.3. The Bertz CT molecular complexity index is 624. The number of amides is 1. The highest BCUT2D eigenvalue weighted by Crippen LogP contribution is 2.28. The van der Waals surface area contributed by atoms with E-state index in [0.717, 1.165) is 9.87 Å². The van der Waals surface area contributed by atoms with Crippen molar-refractivity contribution in [3.8, 4) is 0 Å². The van der Waals surface area contributed by atoms with Gasteiger partial charge in [-0.1, -0.05) is 24.6 Å². The first-order valence-electron chi connectivity index (χ1n) is 7.66. The van der Waals surface area contributed by atoms with E-state index >= 15 is 0 Å². The van der Waals surface area contributed by atoms with Gasteiger partial charge in [-0.2, -0.15) is 0 Å². The molecule has 1 heterocycles. The van der Waals surface area contributed by atoms with E-state index in [9.17, 15) is 13.2 Å². The predicted molar refractivity (Wildman–Crippen MR) is 83.9 cm³/mol. The van der Waals surface area contributed by atoms with E-state index < -0.39 is 10.0 Å². The van der Waals surface area contributed by atoms with Crippen LogP contribution in [0.5, 0.6) is 0 Å². The molecule has 0 N–H and O–H groups in total. The number of carbonyl (C=O) groups excluding carboxylic acids is 1. The molecule has 0 bridgehead atoms. The molecule has 5 nitrogen and oxygen atoms in total. The topological polar surface area (TPSA) is 63.7 Å². The van der Waals surface area contributed by atoms with Gasteiger partial charge < -0.3 is 4.74 Å². The van der Waals surface area contributed by atoms with E-state index in [0.29, 0.717) is 19.4 Å². The summed E-state index contributed by atoms with van der Waals surface area (Å²) in [7, 11) is -3.81. The van der Waals surface area contributed by atoms with Crippen molar-refractivity contribution in [1.29, 1.82) is 0 Å². The molecule has 1 fully saturated rings. The molecule has 2 rings (SSSR count). The van der Waals surface area contributed by atoms with E-state index in [1.807, 2.05) is 13.8 Å². The van der Waals surface area contributed by atoms with Crippen molar-refractivity contribution in [2.75, 3.05) is 13.2 Å². The van der Waals surface area contributed by atoms with Crippen LogP contribution < -0.4 is 0 Å². The second-order valence-electron chi connectivity index (χ2n) is 5.53. The highest BCUT2D eigenvalue weighted by molar-refractivity contribution is 7.89. The van der Waals surface area contributed by atoms with Gasteiger partial charge in [0, 0.05) is 13.2 Å². The van der Waals surface area contributed by atoms with E-state index in [-0.39, 0.29) is 29.4 Å². The standard InChI is InChI=1S/C16H23NO4S/c1-4-15-14(10-11-21-15)16(18)17(5-2)22(19,20)13-8-6-12(3)7-9-13/h6-9,14-15H,4-5,10-11H2,1-3H3/t14-,15+/m1/s1. The Balaban J connectivity index is 2.30. The van der Waals surface area contributed by atoms with E-state index in [2.05, 4.69) is 0 Å². The molecule has 1 aliphatic heterocycles. The fraction of sp³-hybridized carbons (Fsp3) is 0.562. The zero-order chi connectivity index (χ0) is 16.3. The second kappa shape index (κ2) is 6.79. The van der Waals surface area contributed by atoms with Crippen LogP contribution in [0.2, 0.25) is 0 Å². The summed E-state index contributed by atoms with van der Waals surface area (Å²) in [6, 6.07) is 6.56. The molecule has 0 aliphatic carbocycles. The van der Waals surface area contributed by atoms with E-state index in [1.165, 1.54) is 0 Å². The molecular formula is C16H23NO4S. The first kappa shape index (κ1) is 17.0. The molecule has 0 unspecified atom stereocenters. The summed E-state index contributed by atoms with van der Waals surface area (Å²) in [5.74, 6) is -0.724. The average molecular weight is 325 g/mol. The third-order valence-corrected chi connectivity index (χ3v) is 5.96. The predicted octanol–water partition coefficient (Wildman–Crippen LogP) is 2.35. The quantitative estimate of drug-likeness (QED) is 0.833. The Hall–Kier alpha value is -1.40. The van der Waals surface area contributed by atoms with E-state index in [1.54, 1.807) is 31.2 Å². The smallest absolute Gasteiger partial charge is 0.266 e. The molecule has 0 saturated carbocycles. The van der Waals surface area contributed by atoms with Crippen LogP contribution in [0.25, 0.3) is 0 Å². The summed E-state index contributed by atoms with van der Waals surface area (Å²) in [5.41, 5.74) is 0.976. The largest absolute Gasteiger partial charge is 0.377 e. The summed E-state index contributed by atoms with van der Waals surface area (Å²) >= 11 is 0. The van der Waals surface area contributed by atoms with Crippen LogP contribution in [0.15, 0.2) is 29.2 Å². The highest BCUT2D eigenvalue weighted by Gasteiger charge is 2.39. The monoisotopic (exact) mass is 325 g/mol. The lowest BCUT2D eigenvalue weighted by Gasteiger charge is -2.26. The minimum atomic E-state index is -3.81. The van der Waals surface area contributed by atoms with Gasteiger partial charge in [0.05, 0.1) is 16.9 Å². The lowest BCUT2D eigenvalue weighted by atomic mass is 9.99. The maximum absolute atomic E-state index is 12.7. The number of aryl methyl sites for hydroxylation is 1. The Morgan fingerprint density at radius 1 is 1.27 bits per heavy atom. The molecule has 2 atom stereocenters. The second-order valence-corrected chi connectivity index (χ2v) is 7.40. The lowest BCUT2D eigenvalue weighted by Crippen LogP contribution is -2.42. The molecule has 1 amide bonds. The first-order chi connectivity index (χ1) is 10.4. The van der Waals surface area contributed by atoms with Gasteiger partial charge in [0.25, 0.3) is 10.0 Å². The van der Waals surface area contributed by atoms with Gasteiger partial charge in [0.2, 0.25) is 5.91 Å². The Kier molecular flexibility index (Phi) is 5.24. The van der Waals surface area contributed by atoms with Crippen LogP contribution in [-0.2, 0) is 19.6 Å². The summed E-state index contributed by atoms with van der Waals surface area (Å²) in [4.78, 5) is 12.9. The Labute approximate surface area is 132 Å². The van der Waals surface area contributed by atoms with Gasteiger partial charge in [0.1, 0.15) is 0 Å². The fourth-order valence-electron chi connectivity index (χ4n) is 2.80. The minimum Gasteiger partial charge on any atom is -0.377 e. The van der Waals surface area contributed by atoms with Crippen molar-refractivity contribution < 1.29 is 17.9 Å². The summed E-state index contributed by atoms with van der Waals surface area (Å²) in [6.45, 7) is 6.15. The number of hydrogen-bond acceptors (Lipinski definition) is 4. The number of ether oxygens (including phenoxy) is 1. The zero-order valence-corrected chi connectivity index (χ0v) is 14.1. The maximum atomic E-state index is 12.7. The van der Waals surface area contributed by atoms with Crippen molar-refractivity contribution >= 4 is 15.9 Å². The fourth-order valence-corrected chi connectivity index (χ4v) is 4.25. The molecule has 1 saturated heterocycles. The SMILES string of the molecule is CC[C@@H]1OCC[C@H]1C(=O)N(CC)S(=O)(=O)c1ccc(C)cc1. The first-order valence-corrected chi connectivity index (χ1v) is 9.10. The number of nitrogens with zero attached hydrogens (tertiary/aromatic N) is 1. The van der Waals surface area contributed by atoms with Crippen LogP contribution in [0.3, 0.4) is 0 Å². The number of hydrogen-bond donors (Lipinski definition) is 0. The van der Waals surface area contributed by atoms with Crippen molar-refractivity contribution in [1.82, 2.24) is 4.31 Å². The molecule has 0 radical (unpaired) electrons. The van der Waals surface area contributed by atoms with Gasteiger partial charge in [-0.25, -0.2) is 12.7 Å². The Morgan fingerprint density at radius 3 is 2.45 bits per heavy atom. The van der Waals surface area contributed by atoms with Gasteiger partial charge >= 0.3 is 0 Å². The molecule has 0 spiro atoms. The minimum absolute atomic E-state index is 0.127. The van der Waals surface area contributed by atoms with Crippen molar-refractivity contribution in [3.63, 3.8) is 0 Å². The molecule has 122 valence electrons. The molecular weight excluding hydrogens is 302 g/mol. The molecule has 1 aromatic carbocycles. The highest BCUT2D eigenvalue weighted by atomic mass is 32.2. The number of rotatable bonds is 5. The maximum Gasteiger partial charge on any atom is 0.266 e. The summed E-state index contributed by atoms with van der Waals surface area (Å²) < 4.78 is 32.0. The van der Waals surface area contributed by atoms with Crippen LogP contribution in [0.1, 0.15) is 32.3 Å². The van der Waals surface area contributed by atoms with Crippen molar-refractivity contribution in [3.05, 3.63) is 29.8 Å². The lowest BCUT2D eigenvalue weighted by molar-refractivity contribution is -0.132. The number of benzene rings is 1. The number of carbonyl (C=O) groups is 1. The van der Waals surface area contributed by atoms with E-state index in [4.69, 9.17) is 4.74 Å².